The number of hydrogen-bond acceptors (Lipinski definition) is 2. The molecule has 0 saturated heterocycles. The first-order valence-electron chi connectivity index (χ1n) is 6.32. The molecule has 0 aliphatic carbocycles. The number of rotatable bonds is 5. The zero-order chi connectivity index (χ0) is 13.7. The van der Waals surface area contributed by atoms with Crippen LogP contribution in [-0.4, -0.2) is 24.5 Å². The van der Waals surface area contributed by atoms with E-state index in [-0.39, 0.29) is 11.5 Å². The number of ketones is 1. The maximum absolute atomic E-state index is 12.1. The number of Topliss-reactive ketones (excluding diaryl/α,β-unsaturated/α-hetero) is 1. The summed E-state index contributed by atoms with van der Waals surface area (Å²) in [6.07, 6.45) is 0. The Labute approximate surface area is 113 Å². The molecule has 2 rings (SSSR count). The van der Waals surface area contributed by atoms with Crippen LogP contribution in [0.3, 0.4) is 0 Å². The Morgan fingerprint density at radius 3 is 2.53 bits per heavy atom. The van der Waals surface area contributed by atoms with E-state index in [2.05, 4.69) is 12.1 Å². The summed E-state index contributed by atoms with van der Waals surface area (Å²) >= 11 is 0. The van der Waals surface area contributed by atoms with Crippen molar-refractivity contribution in [2.75, 3.05) is 13.6 Å². The Morgan fingerprint density at radius 1 is 1.11 bits per heavy atom. The molecule has 0 aliphatic rings. The second-order valence-corrected chi connectivity index (χ2v) is 4.77. The van der Waals surface area contributed by atoms with E-state index >= 15 is 0 Å². The Bertz CT molecular complexity index is 552. The van der Waals surface area contributed by atoms with Crippen molar-refractivity contribution in [2.45, 2.75) is 6.54 Å². The Morgan fingerprint density at radius 2 is 1.84 bits per heavy atom. The smallest absolute Gasteiger partial charge is 0.216 e. The van der Waals surface area contributed by atoms with E-state index in [1.165, 1.54) is 11.6 Å². The quantitative estimate of drug-likeness (QED) is 0.792. The van der Waals surface area contributed by atoms with Crippen LogP contribution in [0.25, 0.3) is 0 Å². The van der Waals surface area contributed by atoms with Gasteiger partial charge >= 0.3 is 0 Å². The van der Waals surface area contributed by atoms with Gasteiger partial charge in [-0.1, -0.05) is 42.5 Å². The van der Waals surface area contributed by atoms with Gasteiger partial charge in [-0.2, -0.15) is 0 Å². The first kappa shape index (κ1) is 13.3. The summed E-state index contributed by atoms with van der Waals surface area (Å²) in [5, 5.41) is 9.37. The highest BCUT2D eigenvalue weighted by Crippen LogP contribution is 2.10. The van der Waals surface area contributed by atoms with Crippen LogP contribution in [0.2, 0.25) is 0 Å². The van der Waals surface area contributed by atoms with Crippen molar-refractivity contribution in [3.63, 3.8) is 0 Å². The van der Waals surface area contributed by atoms with Crippen LogP contribution < -0.4 is 4.90 Å². The number of nitrogens with one attached hydrogen (secondary N) is 1. The number of carbonyl (C=O) groups excluding carboxylic acids is 1. The third-order valence-corrected chi connectivity index (χ3v) is 2.98. The lowest BCUT2D eigenvalue weighted by molar-refractivity contribution is -0.884. The minimum Gasteiger partial charge on any atom is -0.508 e. The van der Waals surface area contributed by atoms with Gasteiger partial charge in [-0.25, -0.2) is 0 Å². The molecular formula is C16H18NO2+. The molecule has 0 saturated carbocycles. The van der Waals surface area contributed by atoms with Crippen LogP contribution >= 0.6 is 0 Å². The summed E-state index contributed by atoms with van der Waals surface area (Å²) in [5.74, 6) is 0.177. The van der Waals surface area contributed by atoms with Gasteiger partial charge in [0.2, 0.25) is 5.78 Å². The van der Waals surface area contributed by atoms with Gasteiger partial charge in [-0.3, -0.25) is 4.79 Å². The number of aromatic hydroxyl groups is 1. The average Bonchev–Trinajstić information content (AvgIpc) is 2.39. The molecule has 3 heteroatoms. The Balaban J connectivity index is 1.95. The molecule has 2 aromatic rings. The average molecular weight is 256 g/mol. The van der Waals surface area contributed by atoms with Gasteiger partial charge in [-0.15, -0.1) is 0 Å². The standard InChI is InChI=1S/C16H17NO2/c1-17(11-13-6-3-2-4-7-13)12-16(19)14-8-5-9-15(18)10-14/h2-10,18H,11-12H2,1H3/p+1. The van der Waals surface area contributed by atoms with Crippen LogP contribution in [0.1, 0.15) is 15.9 Å². The number of phenolic OH excluding ortho intramolecular Hbond substituents is 1. The van der Waals surface area contributed by atoms with Crippen LogP contribution in [0.15, 0.2) is 54.6 Å². The van der Waals surface area contributed by atoms with Gasteiger partial charge in [0.1, 0.15) is 18.8 Å². The lowest BCUT2D eigenvalue weighted by Gasteiger charge is -2.13. The first-order valence-corrected chi connectivity index (χ1v) is 6.32. The molecule has 1 atom stereocenters. The van der Waals surface area contributed by atoms with Crippen LogP contribution in [0.4, 0.5) is 0 Å². The minimum absolute atomic E-state index is 0.0457. The molecule has 0 radical (unpaired) electrons. The van der Waals surface area contributed by atoms with Gasteiger partial charge in [0, 0.05) is 11.1 Å². The Kier molecular flexibility index (Phi) is 4.31. The summed E-state index contributed by atoms with van der Waals surface area (Å²) in [4.78, 5) is 13.2. The summed E-state index contributed by atoms with van der Waals surface area (Å²) in [7, 11) is 1.99. The largest absolute Gasteiger partial charge is 0.508 e. The maximum atomic E-state index is 12.1. The molecule has 0 heterocycles. The fourth-order valence-electron chi connectivity index (χ4n) is 2.06. The van der Waals surface area contributed by atoms with Crippen molar-refractivity contribution in [2.24, 2.45) is 0 Å². The van der Waals surface area contributed by atoms with Gasteiger partial charge in [-0.05, 0) is 12.1 Å². The molecule has 98 valence electrons. The molecule has 0 bridgehead atoms. The van der Waals surface area contributed by atoms with Crippen molar-refractivity contribution in [3.8, 4) is 5.75 Å². The summed E-state index contributed by atoms with van der Waals surface area (Å²) in [6.45, 7) is 1.23. The third-order valence-electron chi connectivity index (χ3n) is 2.98. The van der Waals surface area contributed by atoms with Gasteiger partial charge < -0.3 is 10.0 Å². The number of phenols is 1. The molecule has 1 unspecified atom stereocenters. The van der Waals surface area contributed by atoms with Gasteiger partial charge in [0.05, 0.1) is 7.05 Å². The fourth-order valence-corrected chi connectivity index (χ4v) is 2.06. The van der Waals surface area contributed by atoms with Crippen molar-refractivity contribution < 1.29 is 14.8 Å². The van der Waals surface area contributed by atoms with E-state index in [4.69, 9.17) is 0 Å². The summed E-state index contributed by atoms with van der Waals surface area (Å²) in [6, 6.07) is 16.6. The van der Waals surface area contributed by atoms with Crippen molar-refractivity contribution >= 4 is 5.78 Å². The van der Waals surface area contributed by atoms with Crippen LogP contribution in [0, 0.1) is 0 Å². The van der Waals surface area contributed by atoms with E-state index in [1.54, 1.807) is 18.2 Å². The van der Waals surface area contributed by atoms with E-state index < -0.39 is 0 Å². The highest BCUT2D eigenvalue weighted by molar-refractivity contribution is 5.97. The van der Waals surface area contributed by atoms with Crippen LogP contribution in [-0.2, 0) is 6.54 Å². The lowest BCUT2D eigenvalue weighted by Crippen LogP contribution is -3.08. The normalized spacial score (nSPS) is 12.1. The van der Waals surface area contributed by atoms with E-state index in [9.17, 15) is 9.90 Å². The number of quaternary nitrogens is 1. The molecule has 0 amide bonds. The number of carbonyl (C=O) groups is 1. The topological polar surface area (TPSA) is 41.7 Å². The molecule has 19 heavy (non-hydrogen) atoms. The summed E-state index contributed by atoms with van der Waals surface area (Å²) < 4.78 is 0. The number of likely N-dealkylation sites (N-methyl/N-ethyl adjacent to an activating group) is 1. The van der Waals surface area contributed by atoms with Crippen molar-refractivity contribution in [3.05, 3.63) is 65.7 Å². The molecule has 3 nitrogen and oxygen atoms in total. The van der Waals surface area contributed by atoms with Crippen LogP contribution in [0.5, 0.6) is 5.75 Å². The molecule has 0 aliphatic heterocycles. The Hall–Kier alpha value is -2.13. The first-order chi connectivity index (χ1) is 9.15. The number of benzene rings is 2. The molecule has 2 N–H and O–H groups in total. The lowest BCUT2D eigenvalue weighted by atomic mass is 10.1. The maximum Gasteiger partial charge on any atom is 0.216 e. The highest BCUT2D eigenvalue weighted by atomic mass is 16.3. The highest BCUT2D eigenvalue weighted by Gasteiger charge is 2.13. The monoisotopic (exact) mass is 256 g/mol. The SMILES string of the molecule is C[NH+](CC(=O)c1cccc(O)c1)Cc1ccccc1. The summed E-state index contributed by atoms with van der Waals surface area (Å²) in [5.41, 5.74) is 1.77. The van der Waals surface area contributed by atoms with Gasteiger partial charge in [0.25, 0.3) is 0 Å². The van der Waals surface area contributed by atoms with E-state index in [0.717, 1.165) is 11.4 Å². The van der Waals surface area contributed by atoms with Gasteiger partial charge in [0.15, 0.2) is 0 Å². The second kappa shape index (κ2) is 6.16. The fraction of sp³-hybridized carbons (Fsp3) is 0.188. The van der Waals surface area contributed by atoms with Crippen molar-refractivity contribution in [1.29, 1.82) is 0 Å². The molecule has 0 aromatic heterocycles. The second-order valence-electron chi connectivity index (χ2n) is 4.77. The van der Waals surface area contributed by atoms with E-state index in [0.29, 0.717) is 12.1 Å². The molecular weight excluding hydrogens is 238 g/mol. The van der Waals surface area contributed by atoms with Crippen molar-refractivity contribution in [1.82, 2.24) is 0 Å². The molecule has 2 aromatic carbocycles. The zero-order valence-corrected chi connectivity index (χ0v) is 11.0. The third kappa shape index (κ3) is 3.93. The zero-order valence-electron chi connectivity index (χ0n) is 11.0. The predicted octanol–water partition coefficient (Wildman–Crippen LogP) is 1.29. The van der Waals surface area contributed by atoms with E-state index in [1.807, 2.05) is 25.2 Å². The molecule has 0 fully saturated rings. The molecule has 0 spiro atoms. The predicted molar refractivity (Wildman–Crippen MR) is 74.3 cm³/mol. The number of hydrogen-bond donors (Lipinski definition) is 2. The minimum atomic E-state index is 0.0457.